The number of aromatic nitrogens is 1. The minimum absolute atomic E-state index is 0.0309. The number of H-pyrrole nitrogens is 1. The number of rotatable bonds is 5. The lowest BCUT2D eigenvalue weighted by atomic mass is 10.2. The van der Waals surface area contributed by atoms with Crippen molar-refractivity contribution in [1.82, 2.24) is 10.3 Å². The standard InChI is InChI=1S/C18H23N3O4/c1-5-15(22)14-9-11-8-12(6-7-13(11)21-14)20-16(23)10-19-17(24)25-18(2,3)4/h6-9,21H,5,10H2,1-4H3,(H,19,24)(H,20,23). The van der Waals surface area contributed by atoms with Crippen LogP contribution in [-0.2, 0) is 9.53 Å². The van der Waals surface area contributed by atoms with Crippen LogP contribution in [0.15, 0.2) is 24.3 Å². The molecule has 1 heterocycles. The van der Waals surface area contributed by atoms with E-state index in [1.807, 2.05) is 0 Å². The van der Waals surface area contributed by atoms with Crippen LogP contribution < -0.4 is 10.6 Å². The molecule has 0 saturated carbocycles. The number of hydrogen-bond donors (Lipinski definition) is 3. The van der Waals surface area contributed by atoms with Crippen molar-refractivity contribution in [3.05, 3.63) is 30.0 Å². The molecule has 2 amide bonds. The summed E-state index contributed by atoms with van der Waals surface area (Å²) in [5, 5.41) is 5.92. The summed E-state index contributed by atoms with van der Waals surface area (Å²) >= 11 is 0. The second-order valence-electron chi connectivity index (χ2n) is 6.67. The van der Waals surface area contributed by atoms with Crippen molar-refractivity contribution >= 4 is 34.4 Å². The molecule has 7 heteroatoms. The van der Waals surface area contributed by atoms with E-state index in [-0.39, 0.29) is 18.2 Å². The Balaban J connectivity index is 1.96. The van der Waals surface area contributed by atoms with Gasteiger partial charge in [0.2, 0.25) is 5.91 Å². The van der Waals surface area contributed by atoms with Gasteiger partial charge in [-0.05, 0) is 45.0 Å². The van der Waals surface area contributed by atoms with Crippen LogP contribution >= 0.6 is 0 Å². The van der Waals surface area contributed by atoms with Crippen LogP contribution in [0.1, 0.15) is 44.6 Å². The number of ketones is 1. The Morgan fingerprint density at radius 2 is 1.88 bits per heavy atom. The van der Waals surface area contributed by atoms with Gasteiger partial charge in [0.1, 0.15) is 12.1 Å². The second kappa shape index (κ2) is 7.38. The number of benzene rings is 1. The lowest BCUT2D eigenvalue weighted by molar-refractivity contribution is -0.115. The summed E-state index contributed by atoms with van der Waals surface area (Å²) in [6, 6.07) is 7.04. The molecule has 1 aromatic heterocycles. The fourth-order valence-electron chi connectivity index (χ4n) is 2.22. The summed E-state index contributed by atoms with van der Waals surface area (Å²) in [4.78, 5) is 38.3. The average molecular weight is 345 g/mol. The van der Waals surface area contributed by atoms with E-state index in [2.05, 4.69) is 15.6 Å². The molecule has 0 aliphatic carbocycles. The zero-order valence-corrected chi connectivity index (χ0v) is 14.9. The summed E-state index contributed by atoms with van der Waals surface area (Å²) in [5.74, 6) is -0.339. The summed E-state index contributed by atoms with van der Waals surface area (Å²) in [7, 11) is 0. The van der Waals surface area contributed by atoms with E-state index in [1.165, 1.54) is 0 Å². The highest BCUT2D eigenvalue weighted by atomic mass is 16.6. The van der Waals surface area contributed by atoms with E-state index in [0.29, 0.717) is 17.8 Å². The van der Waals surface area contributed by atoms with Crippen molar-refractivity contribution in [2.24, 2.45) is 0 Å². The Morgan fingerprint density at radius 3 is 2.52 bits per heavy atom. The first kappa shape index (κ1) is 18.5. The van der Waals surface area contributed by atoms with Gasteiger partial charge in [0.25, 0.3) is 0 Å². The lowest BCUT2D eigenvalue weighted by Gasteiger charge is -2.19. The second-order valence-corrected chi connectivity index (χ2v) is 6.67. The van der Waals surface area contributed by atoms with Crippen molar-refractivity contribution < 1.29 is 19.1 Å². The van der Waals surface area contributed by atoms with Gasteiger partial charge in [-0.3, -0.25) is 9.59 Å². The minimum Gasteiger partial charge on any atom is -0.444 e. The van der Waals surface area contributed by atoms with Crippen LogP contribution in [0.5, 0.6) is 0 Å². The number of ether oxygens (including phenoxy) is 1. The Labute approximate surface area is 146 Å². The number of aromatic amines is 1. The predicted molar refractivity (Wildman–Crippen MR) is 95.8 cm³/mol. The van der Waals surface area contributed by atoms with Crippen molar-refractivity contribution in [2.75, 3.05) is 11.9 Å². The third-order valence-electron chi connectivity index (χ3n) is 3.32. The largest absolute Gasteiger partial charge is 0.444 e. The molecule has 2 rings (SSSR count). The molecular formula is C18H23N3O4. The molecule has 0 aliphatic rings. The highest BCUT2D eigenvalue weighted by Gasteiger charge is 2.16. The normalized spacial score (nSPS) is 11.2. The van der Waals surface area contributed by atoms with Crippen LogP contribution in [0, 0.1) is 0 Å². The van der Waals surface area contributed by atoms with Gasteiger partial charge in [-0.25, -0.2) is 4.79 Å². The van der Waals surface area contributed by atoms with Gasteiger partial charge >= 0.3 is 6.09 Å². The van der Waals surface area contributed by atoms with Crippen molar-refractivity contribution in [2.45, 2.75) is 39.7 Å². The molecule has 25 heavy (non-hydrogen) atoms. The molecule has 0 aliphatic heterocycles. The fraction of sp³-hybridized carbons (Fsp3) is 0.389. The predicted octanol–water partition coefficient (Wildman–Crippen LogP) is 3.22. The zero-order valence-electron chi connectivity index (χ0n) is 14.9. The first-order valence-corrected chi connectivity index (χ1v) is 8.10. The van der Waals surface area contributed by atoms with Crippen LogP contribution in [0.25, 0.3) is 10.9 Å². The van der Waals surface area contributed by atoms with Crippen LogP contribution in [0.3, 0.4) is 0 Å². The number of Topliss-reactive ketones (excluding diaryl/α,β-unsaturated/α-hetero) is 1. The Morgan fingerprint density at radius 1 is 1.16 bits per heavy atom. The smallest absolute Gasteiger partial charge is 0.408 e. The van der Waals surface area contributed by atoms with Gasteiger partial charge in [0.15, 0.2) is 5.78 Å². The molecule has 0 saturated heterocycles. The maximum Gasteiger partial charge on any atom is 0.408 e. The van der Waals surface area contributed by atoms with E-state index in [1.54, 1.807) is 52.0 Å². The number of nitrogens with one attached hydrogen (secondary N) is 3. The number of carbonyl (C=O) groups excluding carboxylic acids is 3. The summed E-state index contributed by atoms with van der Waals surface area (Å²) < 4.78 is 5.07. The van der Waals surface area contributed by atoms with E-state index in [0.717, 1.165) is 10.9 Å². The number of anilines is 1. The first-order valence-electron chi connectivity index (χ1n) is 8.10. The summed E-state index contributed by atoms with van der Waals surface area (Å²) in [6.07, 6.45) is -0.223. The fourth-order valence-corrected chi connectivity index (χ4v) is 2.22. The van der Waals surface area contributed by atoms with Gasteiger partial charge in [0, 0.05) is 23.0 Å². The Hall–Kier alpha value is -2.83. The van der Waals surface area contributed by atoms with E-state index in [9.17, 15) is 14.4 Å². The number of hydrogen-bond acceptors (Lipinski definition) is 4. The number of fused-ring (bicyclic) bond motifs is 1. The molecule has 134 valence electrons. The zero-order chi connectivity index (χ0) is 18.6. The number of amides is 2. The van der Waals surface area contributed by atoms with Crippen LogP contribution in [0.4, 0.5) is 10.5 Å². The average Bonchev–Trinajstić information content (AvgIpc) is 2.93. The molecule has 0 spiro atoms. The summed E-state index contributed by atoms with van der Waals surface area (Å²) in [5.41, 5.74) is 1.33. The highest BCUT2D eigenvalue weighted by molar-refractivity contribution is 6.01. The van der Waals surface area contributed by atoms with E-state index in [4.69, 9.17) is 4.74 Å². The van der Waals surface area contributed by atoms with Crippen molar-refractivity contribution in [1.29, 1.82) is 0 Å². The van der Waals surface area contributed by atoms with Gasteiger partial charge in [-0.2, -0.15) is 0 Å². The quantitative estimate of drug-likeness (QED) is 0.724. The highest BCUT2D eigenvalue weighted by Crippen LogP contribution is 2.20. The van der Waals surface area contributed by atoms with Gasteiger partial charge in [-0.15, -0.1) is 0 Å². The topological polar surface area (TPSA) is 100 Å². The molecule has 0 unspecified atom stereocenters. The Kier molecular flexibility index (Phi) is 5.46. The summed E-state index contributed by atoms with van der Waals surface area (Å²) in [6.45, 7) is 6.85. The molecule has 1 aromatic carbocycles. The monoisotopic (exact) mass is 345 g/mol. The van der Waals surface area contributed by atoms with Crippen molar-refractivity contribution in [3.8, 4) is 0 Å². The SMILES string of the molecule is CCC(=O)c1cc2cc(NC(=O)CNC(=O)OC(C)(C)C)ccc2[nH]1. The van der Waals surface area contributed by atoms with Crippen LogP contribution in [-0.4, -0.2) is 34.9 Å². The molecule has 0 bridgehead atoms. The van der Waals surface area contributed by atoms with Gasteiger partial charge in [0.05, 0.1) is 5.69 Å². The van der Waals surface area contributed by atoms with Crippen molar-refractivity contribution in [3.63, 3.8) is 0 Å². The Bertz CT molecular complexity index is 802. The molecular weight excluding hydrogens is 322 g/mol. The van der Waals surface area contributed by atoms with Gasteiger partial charge < -0.3 is 20.4 Å². The van der Waals surface area contributed by atoms with Gasteiger partial charge in [-0.1, -0.05) is 6.92 Å². The first-order chi connectivity index (χ1) is 11.7. The molecule has 2 aromatic rings. The molecule has 0 fully saturated rings. The van der Waals surface area contributed by atoms with E-state index < -0.39 is 11.7 Å². The van der Waals surface area contributed by atoms with E-state index >= 15 is 0 Å². The maximum absolute atomic E-state index is 11.9. The number of carbonyl (C=O) groups is 3. The maximum atomic E-state index is 11.9. The molecule has 3 N–H and O–H groups in total. The molecule has 0 atom stereocenters. The minimum atomic E-state index is -0.647. The number of alkyl carbamates (subject to hydrolysis) is 1. The lowest BCUT2D eigenvalue weighted by Crippen LogP contribution is -2.37. The molecule has 0 radical (unpaired) electrons. The third-order valence-corrected chi connectivity index (χ3v) is 3.32. The third kappa shape index (κ3) is 5.34. The molecule has 7 nitrogen and oxygen atoms in total. The van der Waals surface area contributed by atoms with Crippen LogP contribution in [0.2, 0.25) is 0 Å².